The first-order valence-electron chi connectivity index (χ1n) is 9.77. The number of hydrogen-bond donors (Lipinski definition) is 0. The summed E-state index contributed by atoms with van der Waals surface area (Å²) in [5.74, 6) is 0.701. The number of allylic oxidation sites excluding steroid dienone is 6. The van der Waals surface area contributed by atoms with Gasteiger partial charge in [0.1, 0.15) is 5.78 Å². The predicted octanol–water partition coefficient (Wildman–Crippen LogP) is 5.17. The maximum absolute atomic E-state index is 12.6. The zero-order valence-corrected chi connectivity index (χ0v) is 15.5. The van der Waals surface area contributed by atoms with Crippen LogP contribution in [-0.2, 0) is 11.2 Å². The lowest BCUT2D eigenvalue weighted by Crippen LogP contribution is -2.24. The SMILES string of the molecule is CC(C)C(=O)C1CCC2=C(C=CC3=CCCc4c3n2c2ccncc42)C1. The van der Waals surface area contributed by atoms with E-state index in [1.54, 1.807) is 0 Å². The van der Waals surface area contributed by atoms with E-state index in [0.29, 0.717) is 5.78 Å². The number of ketones is 1. The molecule has 0 spiro atoms. The van der Waals surface area contributed by atoms with Crippen LogP contribution in [-0.4, -0.2) is 15.3 Å². The summed E-state index contributed by atoms with van der Waals surface area (Å²) in [6.07, 6.45) is 15.8. The van der Waals surface area contributed by atoms with Crippen LogP contribution in [0.25, 0.3) is 22.2 Å². The lowest BCUT2D eigenvalue weighted by molar-refractivity contribution is -0.126. The van der Waals surface area contributed by atoms with Crippen molar-refractivity contribution in [1.82, 2.24) is 9.55 Å². The number of carbonyl (C=O) groups excluding carboxylic acids is 1. The van der Waals surface area contributed by atoms with Gasteiger partial charge in [-0.15, -0.1) is 0 Å². The van der Waals surface area contributed by atoms with Gasteiger partial charge in [-0.05, 0) is 54.9 Å². The molecule has 3 aliphatic rings. The molecule has 2 aliphatic carbocycles. The van der Waals surface area contributed by atoms with E-state index in [-0.39, 0.29) is 11.8 Å². The molecule has 0 amide bonds. The highest BCUT2D eigenvalue weighted by Crippen LogP contribution is 2.44. The van der Waals surface area contributed by atoms with Crippen LogP contribution in [0, 0.1) is 11.8 Å². The van der Waals surface area contributed by atoms with Gasteiger partial charge in [-0.2, -0.15) is 0 Å². The van der Waals surface area contributed by atoms with Crippen molar-refractivity contribution in [3.63, 3.8) is 0 Å². The first-order valence-corrected chi connectivity index (χ1v) is 9.77. The second-order valence-electron chi connectivity index (χ2n) is 8.06. The third kappa shape index (κ3) is 2.19. The van der Waals surface area contributed by atoms with Crippen LogP contribution in [0.5, 0.6) is 0 Å². The lowest BCUT2D eigenvalue weighted by atomic mass is 9.81. The largest absolute Gasteiger partial charge is 0.312 e. The number of Topliss-reactive ketones (excluding diaryl/α,β-unsaturated/α-hetero) is 1. The molecule has 132 valence electrons. The Morgan fingerprint density at radius 2 is 2.15 bits per heavy atom. The minimum absolute atomic E-state index is 0.120. The smallest absolute Gasteiger partial charge is 0.138 e. The molecule has 1 atom stereocenters. The van der Waals surface area contributed by atoms with E-state index >= 15 is 0 Å². The molecule has 3 nitrogen and oxygen atoms in total. The minimum Gasteiger partial charge on any atom is -0.312 e. The van der Waals surface area contributed by atoms with Gasteiger partial charge in [-0.1, -0.05) is 32.1 Å². The molecule has 0 fully saturated rings. The lowest BCUT2D eigenvalue weighted by Gasteiger charge is -2.27. The fraction of sp³-hybridized carbons (Fsp3) is 0.391. The Hall–Kier alpha value is -2.42. The predicted molar refractivity (Wildman–Crippen MR) is 106 cm³/mol. The second kappa shape index (κ2) is 5.80. The van der Waals surface area contributed by atoms with Gasteiger partial charge in [0.2, 0.25) is 0 Å². The quantitative estimate of drug-likeness (QED) is 0.753. The van der Waals surface area contributed by atoms with E-state index in [1.807, 2.05) is 26.2 Å². The number of pyridine rings is 1. The summed E-state index contributed by atoms with van der Waals surface area (Å²) in [5.41, 5.74) is 8.10. The Labute approximate surface area is 154 Å². The van der Waals surface area contributed by atoms with Crippen LogP contribution in [0.4, 0.5) is 0 Å². The van der Waals surface area contributed by atoms with Crippen molar-refractivity contribution in [3.05, 3.63) is 53.5 Å². The van der Waals surface area contributed by atoms with Gasteiger partial charge in [-0.3, -0.25) is 9.78 Å². The zero-order valence-electron chi connectivity index (χ0n) is 15.5. The van der Waals surface area contributed by atoms with Gasteiger partial charge >= 0.3 is 0 Å². The number of hydrogen-bond acceptors (Lipinski definition) is 2. The number of fused-ring (bicyclic) bond motifs is 4. The fourth-order valence-corrected chi connectivity index (χ4v) is 4.93. The van der Waals surface area contributed by atoms with E-state index in [2.05, 4.69) is 33.8 Å². The number of aryl methyl sites for hydroxylation is 1. The molecule has 26 heavy (non-hydrogen) atoms. The van der Waals surface area contributed by atoms with Crippen LogP contribution >= 0.6 is 0 Å². The molecular weight excluding hydrogens is 320 g/mol. The number of nitrogens with zero attached hydrogens (tertiary/aromatic N) is 2. The monoisotopic (exact) mass is 344 g/mol. The fourth-order valence-electron chi connectivity index (χ4n) is 4.93. The van der Waals surface area contributed by atoms with E-state index in [4.69, 9.17) is 0 Å². The maximum Gasteiger partial charge on any atom is 0.138 e. The number of carbonyl (C=O) groups is 1. The average Bonchev–Trinajstić information content (AvgIpc) is 2.90. The van der Waals surface area contributed by atoms with Gasteiger partial charge in [-0.25, -0.2) is 0 Å². The van der Waals surface area contributed by atoms with Crippen molar-refractivity contribution >= 4 is 28.0 Å². The molecule has 0 aromatic carbocycles. The Morgan fingerprint density at radius 1 is 1.27 bits per heavy atom. The van der Waals surface area contributed by atoms with Gasteiger partial charge < -0.3 is 4.57 Å². The highest BCUT2D eigenvalue weighted by atomic mass is 16.1. The van der Waals surface area contributed by atoms with Crippen molar-refractivity contribution in [1.29, 1.82) is 0 Å². The Bertz CT molecular complexity index is 1020. The van der Waals surface area contributed by atoms with Crippen molar-refractivity contribution < 1.29 is 4.79 Å². The molecule has 1 aliphatic heterocycles. The molecule has 3 heterocycles. The third-order valence-corrected chi connectivity index (χ3v) is 6.18. The van der Waals surface area contributed by atoms with E-state index in [0.717, 1.165) is 32.1 Å². The highest BCUT2D eigenvalue weighted by Gasteiger charge is 2.32. The third-order valence-electron chi connectivity index (χ3n) is 6.18. The summed E-state index contributed by atoms with van der Waals surface area (Å²) >= 11 is 0. The van der Waals surface area contributed by atoms with Crippen molar-refractivity contribution in [2.45, 2.75) is 46.0 Å². The summed E-state index contributed by atoms with van der Waals surface area (Å²) in [6, 6.07) is 2.15. The summed E-state index contributed by atoms with van der Waals surface area (Å²) in [6.45, 7) is 4.05. The molecule has 0 radical (unpaired) electrons. The van der Waals surface area contributed by atoms with Crippen molar-refractivity contribution in [2.75, 3.05) is 0 Å². The van der Waals surface area contributed by atoms with Crippen molar-refractivity contribution in [3.8, 4) is 0 Å². The first kappa shape index (κ1) is 15.8. The molecule has 2 aromatic rings. The Kier molecular flexibility index (Phi) is 3.53. The van der Waals surface area contributed by atoms with Crippen LogP contribution in [0.3, 0.4) is 0 Å². The first-order chi connectivity index (χ1) is 12.6. The van der Waals surface area contributed by atoms with Gasteiger partial charge in [0, 0.05) is 35.3 Å². The molecule has 3 heteroatoms. The maximum atomic E-state index is 12.6. The highest BCUT2D eigenvalue weighted by molar-refractivity contribution is 5.97. The standard InChI is InChI=1S/C23H24N2O/c1-14(2)23(26)17-8-9-20-16(12-17)7-6-15-4-3-5-18-19-13-24-11-10-21(19)25(20)22(15)18/h4,6-7,10-11,13-14,17H,3,5,8-9,12H2,1-2H3. The van der Waals surface area contributed by atoms with E-state index in [9.17, 15) is 4.79 Å². The number of rotatable bonds is 2. The molecule has 0 bridgehead atoms. The summed E-state index contributed by atoms with van der Waals surface area (Å²) < 4.78 is 2.47. The molecule has 1 unspecified atom stereocenters. The summed E-state index contributed by atoms with van der Waals surface area (Å²) in [5, 5.41) is 1.29. The molecule has 2 aromatic heterocycles. The molecule has 5 rings (SSSR count). The van der Waals surface area contributed by atoms with Crippen molar-refractivity contribution in [2.24, 2.45) is 11.8 Å². The molecule has 0 N–H and O–H groups in total. The molecule has 0 saturated heterocycles. The topological polar surface area (TPSA) is 34.9 Å². The Balaban J connectivity index is 1.72. The summed E-state index contributed by atoms with van der Waals surface area (Å²) in [7, 11) is 0. The average molecular weight is 344 g/mol. The second-order valence-corrected chi connectivity index (χ2v) is 8.06. The zero-order chi connectivity index (χ0) is 17.8. The van der Waals surface area contributed by atoms with Crippen LogP contribution in [0.1, 0.15) is 50.8 Å². The molecule has 0 saturated carbocycles. The van der Waals surface area contributed by atoms with Gasteiger partial charge in [0.15, 0.2) is 0 Å². The Morgan fingerprint density at radius 3 is 3.00 bits per heavy atom. The minimum atomic E-state index is 0.120. The number of aromatic nitrogens is 2. The van der Waals surface area contributed by atoms with E-state index in [1.165, 1.54) is 39.0 Å². The normalized spacial score (nSPS) is 21.5. The van der Waals surface area contributed by atoms with Gasteiger partial charge in [0.05, 0.1) is 11.2 Å². The summed E-state index contributed by atoms with van der Waals surface area (Å²) in [4.78, 5) is 17.0. The van der Waals surface area contributed by atoms with Gasteiger partial charge in [0.25, 0.3) is 0 Å². The molecular formula is C23H24N2O. The van der Waals surface area contributed by atoms with Crippen LogP contribution in [0.2, 0.25) is 0 Å². The van der Waals surface area contributed by atoms with Crippen LogP contribution in [0.15, 0.2) is 42.3 Å². The van der Waals surface area contributed by atoms with Crippen LogP contribution < -0.4 is 0 Å². The van der Waals surface area contributed by atoms with E-state index < -0.39 is 0 Å².